The fraction of sp³-hybridized carbons (Fsp3) is 1.00. The first-order chi connectivity index (χ1) is 9.93. The normalized spacial score (nSPS) is 17.9. The highest BCUT2D eigenvalue weighted by Gasteiger charge is 2.10. The predicted molar refractivity (Wildman–Crippen MR) is 89.1 cm³/mol. The highest BCUT2D eigenvalue weighted by molar-refractivity contribution is 4.64. The SMILES string of the molecule is OCCCCCCCCCCCC1CCCCCCC1. The van der Waals surface area contributed by atoms with Crippen molar-refractivity contribution in [3.05, 3.63) is 0 Å². The standard InChI is InChI=1S/C19H38O/c20-18-14-10-5-3-1-2-4-7-11-15-19-16-12-8-6-9-13-17-19/h19-20H,1-18H2. The van der Waals surface area contributed by atoms with Crippen molar-refractivity contribution in [2.75, 3.05) is 6.61 Å². The summed E-state index contributed by atoms with van der Waals surface area (Å²) >= 11 is 0. The lowest BCUT2D eigenvalue weighted by Crippen LogP contribution is -2.03. The minimum absolute atomic E-state index is 0.376. The lowest BCUT2D eigenvalue weighted by Gasteiger charge is -2.19. The smallest absolute Gasteiger partial charge is 0.0431 e. The number of aliphatic hydroxyl groups excluding tert-OH is 1. The van der Waals surface area contributed by atoms with Gasteiger partial charge in [0.15, 0.2) is 0 Å². The summed E-state index contributed by atoms with van der Waals surface area (Å²) in [6.45, 7) is 0.376. The monoisotopic (exact) mass is 282 g/mol. The molecule has 1 fully saturated rings. The van der Waals surface area contributed by atoms with Gasteiger partial charge in [0.1, 0.15) is 0 Å². The molecule has 0 spiro atoms. The summed E-state index contributed by atoms with van der Waals surface area (Å²) in [5, 5.41) is 8.71. The minimum Gasteiger partial charge on any atom is -0.396 e. The molecule has 1 rings (SSSR count). The van der Waals surface area contributed by atoms with E-state index < -0.39 is 0 Å². The highest BCUT2D eigenvalue weighted by atomic mass is 16.2. The number of rotatable bonds is 11. The van der Waals surface area contributed by atoms with E-state index >= 15 is 0 Å². The Labute approximate surface area is 127 Å². The molecule has 0 atom stereocenters. The Morgan fingerprint density at radius 1 is 0.550 bits per heavy atom. The first-order valence-corrected chi connectivity index (χ1v) is 9.54. The van der Waals surface area contributed by atoms with Crippen molar-refractivity contribution < 1.29 is 5.11 Å². The van der Waals surface area contributed by atoms with Crippen molar-refractivity contribution in [3.8, 4) is 0 Å². The maximum Gasteiger partial charge on any atom is 0.0431 e. The third-order valence-corrected chi connectivity index (χ3v) is 5.00. The predicted octanol–water partition coefficient (Wildman–Crippen LogP) is 6.24. The Kier molecular flexibility index (Phi) is 12.5. The van der Waals surface area contributed by atoms with Crippen LogP contribution >= 0.6 is 0 Å². The zero-order valence-corrected chi connectivity index (χ0v) is 13.8. The van der Waals surface area contributed by atoms with Gasteiger partial charge in [-0.3, -0.25) is 0 Å². The van der Waals surface area contributed by atoms with Crippen LogP contribution in [0.2, 0.25) is 0 Å². The van der Waals surface area contributed by atoms with Gasteiger partial charge in [0.05, 0.1) is 0 Å². The van der Waals surface area contributed by atoms with Gasteiger partial charge in [0, 0.05) is 6.61 Å². The van der Waals surface area contributed by atoms with E-state index in [1.54, 1.807) is 0 Å². The molecular formula is C19H38O. The molecule has 120 valence electrons. The summed E-state index contributed by atoms with van der Waals surface area (Å²) in [4.78, 5) is 0. The first-order valence-electron chi connectivity index (χ1n) is 9.54. The van der Waals surface area contributed by atoms with Gasteiger partial charge in [-0.2, -0.15) is 0 Å². The maximum absolute atomic E-state index is 8.71. The molecule has 0 aromatic heterocycles. The molecule has 1 aliphatic carbocycles. The van der Waals surface area contributed by atoms with Crippen molar-refractivity contribution in [3.63, 3.8) is 0 Å². The fourth-order valence-electron chi connectivity index (χ4n) is 3.61. The molecule has 1 saturated carbocycles. The molecule has 0 bridgehead atoms. The van der Waals surface area contributed by atoms with E-state index in [9.17, 15) is 0 Å². The van der Waals surface area contributed by atoms with E-state index in [1.165, 1.54) is 103 Å². The van der Waals surface area contributed by atoms with E-state index in [0.717, 1.165) is 12.3 Å². The molecule has 0 aliphatic heterocycles. The van der Waals surface area contributed by atoms with Crippen molar-refractivity contribution in [2.24, 2.45) is 5.92 Å². The molecule has 0 amide bonds. The van der Waals surface area contributed by atoms with Crippen LogP contribution in [0.3, 0.4) is 0 Å². The second-order valence-corrected chi connectivity index (χ2v) is 6.91. The third-order valence-electron chi connectivity index (χ3n) is 5.00. The van der Waals surface area contributed by atoms with Crippen LogP contribution in [-0.4, -0.2) is 11.7 Å². The number of unbranched alkanes of at least 4 members (excludes halogenated alkanes) is 8. The zero-order chi connectivity index (χ0) is 14.3. The molecule has 0 heterocycles. The zero-order valence-electron chi connectivity index (χ0n) is 13.8. The summed E-state index contributed by atoms with van der Waals surface area (Å²) in [5.41, 5.74) is 0. The van der Waals surface area contributed by atoms with Crippen LogP contribution in [0.15, 0.2) is 0 Å². The van der Waals surface area contributed by atoms with Gasteiger partial charge in [-0.25, -0.2) is 0 Å². The lowest BCUT2D eigenvalue weighted by atomic mass is 9.87. The Hall–Kier alpha value is -0.0400. The molecule has 0 aromatic rings. The van der Waals surface area contributed by atoms with Crippen molar-refractivity contribution in [1.29, 1.82) is 0 Å². The van der Waals surface area contributed by atoms with Crippen LogP contribution in [0.1, 0.15) is 109 Å². The van der Waals surface area contributed by atoms with E-state index in [1.807, 2.05) is 0 Å². The number of hydrogen-bond acceptors (Lipinski definition) is 1. The molecule has 0 radical (unpaired) electrons. The van der Waals surface area contributed by atoms with Crippen LogP contribution < -0.4 is 0 Å². The van der Waals surface area contributed by atoms with E-state index in [2.05, 4.69) is 0 Å². The Morgan fingerprint density at radius 2 is 1.00 bits per heavy atom. The minimum atomic E-state index is 0.376. The van der Waals surface area contributed by atoms with E-state index in [4.69, 9.17) is 5.11 Å². The Balaban J connectivity index is 1.81. The largest absolute Gasteiger partial charge is 0.396 e. The average Bonchev–Trinajstić information content (AvgIpc) is 2.42. The highest BCUT2D eigenvalue weighted by Crippen LogP contribution is 2.26. The van der Waals surface area contributed by atoms with Gasteiger partial charge in [0.2, 0.25) is 0 Å². The van der Waals surface area contributed by atoms with Crippen molar-refractivity contribution >= 4 is 0 Å². The molecule has 1 aliphatic rings. The van der Waals surface area contributed by atoms with E-state index in [-0.39, 0.29) is 0 Å². The summed E-state index contributed by atoms with van der Waals surface area (Å²) < 4.78 is 0. The Morgan fingerprint density at radius 3 is 1.55 bits per heavy atom. The summed E-state index contributed by atoms with van der Waals surface area (Å²) in [6, 6.07) is 0. The molecule has 1 N–H and O–H groups in total. The van der Waals surface area contributed by atoms with Gasteiger partial charge in [-0.1, -0.05) is 103 Å². The molecular weight excluding hydrogens is 244 g/mol. The summed E-state index contributed by atoms with van der Waals surface area (Å²) in [6.07, 6.45) is 24.2. The lowest BCUT2D eigenvalue weighted by molar-refractivity contribution is 0.282. The van der Waals surface area contributed by atoms with Crippen LogP contribution in [0.4, 0.5) is 0 Å². The van der Waals surface area contributed by atoms with E-state index in [0.29, 0.717) is 6.61 Å². The maximum atomic E-state index is 8.71. The second-order valence-electron chi connectivity index (χ2n) is 6.91. The van der Waals surface area contributed by atoms with Crippen LogP contribution in [-0.2, 0) is 0 Å². The van der Waals surface area contributed by atoms with Gasteiger partial charge >= 0.3 is 0 Å². The van der Waals surface area contributed by atoms with Crippen molar-refractivity contribution in [1.82, 2.24) is 0 Å². The molecule has 0 unspecified atom stereocenters. The second kappa shape index (κ2) is 13.9. The fourth-order valence-corrected chi connectivity index (χ4v) is 3.61. The van der Waals surface area contributed by atoms with Gasteiger partial charge in [-0.15, -0.1) is 0 Å². The van der Waals surface area contributed by atoms with Crippen LogP contribution in [0, 0.1) is 5.92 Å². The van der Waals surface area contributed by atoms with Crippen LogP contribution in [0.25, 0.3) is 0 Å². The topological polar surface area (TPSA) is 20.2 Å². The number of aliphatic hydroxyl groups is 1. The molecule has 1 heteroatoms. The van der Waals surface area contributed by atoms with Gasteiger partial charge in [0.25, 0.3) is 0 Å². The van der Waals surface area contributed by atoms with Gasteiger partial charge < -0.3 is 5.11 Å². The third kappa shape index (κ3) is 10.7. The summed E-state index contributed by atoms with van der Waals surface area (Å²) in [5.74, 6) is 1.06. The quantitative estimate of drug-likeness (QED) is 0.445. The van der Waals surface area contributed by atoms with Gasteiger partial charge in [-0.05, 0) is 12.3 Å². The van der Waals surface area contributed by atoms with Crippen molar-refractivity contribution in [2.45, 2.75) is 109 Å². The average molecular weight is 283 g/mol. The molecule has 1 nitrogen and oxygen atoms in total. The molecule has 0 aromatic carbocycles. The Bertz CT molecular complexity index is 182. The summed E-state index contributed by atoms with van der Waals surface area (Å²) in [7, 11) is 0. The first kappa shape index (κ1) is 18.0. The molecule has 20 heavy (non-hydrogen) atoms. The van der Waals surface area contributed by atoms with Crippen LogP contribution in [0.5, 0.6) is 0 Å². The number of hydrogen-bond donors (Lipinski definition) is 1. The molecule has 0 saturated heterocycles.